The van der Waals surface area contributed by atoms with Gasteiger partial charge in [-0.1, -0.05) is 18.2 Å². The van der Waals surface area contributed by atoms with Crippen molar-refractivity contribution >= 4 is 11.8 Å². The molecule has 0 saturated carbocycles. The highest BCUT2D eigenvalue weighted by Crippen LogP contribution is 2.46. The molecule has 2 amide bonds. The van der Waals surface area contributed by atoms with Crippen molar-refractivity contribution in [2.24, 2.45) is 5.41 Å². The number of aromatic nitrogens is 2. The van der Waals surface area contributed by atoms with Crippen molar-refractivity contribution in [3.8, 4) is 17.0 Å². The van der Waals surface area contributed by atoms with Crippen LogP contribution in [0.3, 0.4) is 0 Å². The number of nitrogens with zero attached hydrogens (tertiary/aromatic N) is 2. The summed E-state index contributed by atoms with van der Waals surface area (Å²) in [6.07, 6.45) is 5.32. The van der Waals surface area contributed by atoms with Crippen LogP contribution in [0.1, 0.15) is 36.2 Å². The number of benzene rings is 1. The van der Waals surface area contributed by atoms with Crippen LogP contribution in [0.25, 0.3) is 11.3 Å². The molecule has 1 aliphatic heterocycles. The number of rotatable bonds is 5. The van der Waals surface area contributed by atoms with Gasteiger partial charge in [0.05, 0.1) is 12.8 Å². The van der Waals surface area contributed by atoms with E-state index < -0.39 is 0 Å². The minimum atomic E-state index is -0.193. The third kappa shape index (κ3) is 3.17. The fraction of sp³-hybridized carbons (Fsp3) is 0.381. The molecule has 146 valence electrons. The van der Waals surface area contributed by atoms with E-state index in [1.165, 1.54) is 0 Å². The normalized spacial score (nSPS) is 21.3. The van der Waals surface area contributed by atoms with Crippen LogP contribution in [-0.2, 0) is 4.79 Å². The van der Waals surface area contributed by atoms with E-state index >= 15 is 0 Å². The molecule has 1 unspecified atom stereocenters. The fourth-order valence-corrected chi connectivity index (χ4v) is 4.20. The number of likely N-dealkylation sites (tertiary alicyclic amines) is 1. The van der Waals surface area contributed by atoms with Gasteiger partial charge in [-0.2, -0.15) is 5.10 Å². The number of fused-ring (bicyclic) bond motifs is 1. The Morgan fingerprint density at radius 2 is 2.21 bits per heavy atom. The Morgan fingerprint density at radius 1 is 1.36 bits per heavy atom. The number of allylic oxidation sites excluding steroid dienone is 1. The maximum absolute atomic E-state index is 12.7. The zero-order valence-corrected chi connectivity index (χ0v) is 16.1. The van der Waals surface area contributed by atoms with E-state index in [1.807, 2.05) is 31.3 Å². The van der Waals surface area contributed by atoms with Gasteiger partial charge in [0, 0.05) is 36.7 Å². The summed E-state index contributed by atoms with van der Waals surface area (Å²) in [5.41, 5.74) is 2.88. The number of H-pyrrole nitrogens is 1. The van der Waals surface area contributed by atoms with E-state index in [9.17, 15) is 9.59 Å². The van der Waals surface area contributed by atoms with Crippen molar-refractivity contribution in [3.63, 3.8) is 0 Å². The van der Waals surface area contributed by atoms with Gasteiger partial charge in [-0.05, 0) is 37.5 Å². The van der Waals surface area contributed by atoms with Crippen LogP contribution < -0.4 is 10.1 Å². The van der Waals surface area contributed by atoms with E-state index in [0.29, 0.717) is 24.4 Å². The van der Waals surface area contributed by atoms with Crippen molar-refractivity contribution in [2.75, 3.05) is 20.7 Å². The third-order valence-electron chi connectivity index (χ3n) is 5.83. The molecule has 7 nitrogen and oxygen atoms in total. The Kier molecular flexibility index (Phi) is 4.66. The van der Waals surface area contributed by atoms with Crippen LogP contribution in [0, 0.1) is 5.41 Å². The highest BCUT2D eigenvalue weighted by Gasteiger charge is 2.44. The SMILES string of the molecule is COc1cccc(-c2cc(C(=O)NCC34CCC=C3N(C)C(=O)CC4)[nH]n2)c1. The van der Waals surface area contributed by atoms with Crippen LogP contribution in [0.5, 0.6) is 5.75 Å². The summed E-state index contributed by atoms with van der Waals surface area (Å²) >= 11 is 0. The highest BCUT2D eigenvalue weighted by molar-refractivity contribution is 5.93. The smallest absolute Gasteiger partial charge is 0.269 e. The summed E-state index contributed by atoms with van der Waals surface area (Å²) in [5.74, 6) is 0.690. The lowest BCUT2D eigenvalue weighted by Crippen LogP contribution is -2.46. The lowest BCUT2D eigenvalue weighted by molar-refractivity contribution is -0.131. The molecule has 2 heterocycles. The van der Waals surface area contributed by atoms with Crippen LogP contribution in [0.15, 0.2) is 42.1 Å². The monoisotopic (exact) mass is 380 g/mol. The van der Waals surface area contributed by atoms with Crippen molar-refractivity contribution in [3.05, 3.63) is 47.8 Å². The Hall–Kier alpha value is -3.09. The molecule has 7 heteroatoms. The minimum absolute atomic E-state index is 0.145. The predicted octanol–water partition coefficient (Wildman–Crippen LogP) is 2.73. The zero-order valence-electron chi connectivity index (χ0n) is 16.1. The second-order valence-corrected chi connectivity index (χ2v) is 7.44. The van der Waals surface area contributed by atoms with Gasteiger partial charge in [0.15, 0.2) is 0 Å². The van der Waals surface area contributed by atoms with Crippen LogP contribution in [-0.4, -0.2) is 47.6 Å². The van der Waals surface area contributed by atoms with Gasteiger partial charge in [0.2, 0.25) is 5.91 Å². The van der Waals surface area contributed by atoms with E-state index in [-0.39, 0.29) is 17.2 Å². The zero-order chi connectivity index (χ0) is 19.7. The lowest BCUT2D eigenvalue weighted by Gasteiger charge is -2.41. The third-order valence-corrected chi connectivity index (χ3v) is 5.83. The Morgan fingerprint density at radius 3 is 3.04 bits per heavy atom. The molecule has 1 saturated heterocycles. The summed E-state index contributed by atoms with van der Waals surface area (Å²) in [5, 5.41) is 10.1. The lowest BCUT2D eigenvalue weighted by atomic mass is 9.77. The van der Waals surface area contributed by atoms with Crippen molar-refractivity contribution in [2.45, 2.75) is 25.7 Å². The number of hydrogen-bond donors (Lipinski definition) is 2. The first kappa shape index (κ1) is 18.3. The van der Waals surface area contributed by atoms with Gasteiger partial charge in [0.25, 0.3) is 5.91 Å². The average Bonchev–Trinajstić information content (AvgIpc) is 3.37. The summed E-state index contributed by atoms with van der Waals surface area (Å²) in [4.78, 5) is 26.4. The molecular weight excluding hydrogens is 356 g/mol. The predicted molar refractivity (Wildman–Crippen MR) is 105 cm³/mol. The second kappa shape index (κ2) is 7.14. The molecule has 0 radical (unpaired) electrons. The van der Waals surface area contributed by atoms with Crippen LogP contribution >= 0.6 is 0 Å². The number of amides is 2. The van der Waals surface area contributed by atoms with Crippen molar-refractivity contribution in [1.29, 1.82) is 0 Å². The largest absolute Gasteiger partial charge is 0.497 e. The quantitative estimate of drug-likeness (QED) is 0.835. The molecule has 1 fully saturated rings. The molecule has 2 N–H and O–H groups in total. The number of carbonyl (C=O) groups is 2. The first-order valence-electron chi connectivity index (χ1n) is 9.48. The van der Waals surface area contributed by atoms with Gasteiger partial charge in [-0.25, -0.2) is 0 Å². The molecule has 1 aliphatic carbocycles. The molecule has 28 heavy (non-hydrogen) atoms. The second-order valence-electron chi connectivity index (χ2n) is 7.44. The topological polar surface area (TPSA) is 87.3 Å². The highest BCUT2D eigenvalue weighted by atomic mass is 16.5. The van der Waals surface area contributed by atoms with Gasteiger partial charge in [0.1, 0.15) is 11.4 Å². The van der Waals surface area contributed by atoms with Crippen LogP contribution in [0.2, 0.25) is 0 Å². The van der Waals surface area contributed by atoms with E-state index in [2.05, 4.69) is 21.6 Å². The molecule has 2 aromatic rings. The van der Waals surface area contributed by atoms with Gasteiger partial charge >= 0.3 is 0 Å². The summed E-state index contributed by atoms with van der Waals surface area (Å²) in [7, 11) is 3.44. The van der Waals surface area contributed by atoms with Gasteiger partial charge < -0.3 is 15.0 Å². The molecule has 2 aliphatic rings. The molecule has 1 aromatic heterocycles. The molecular formula is C21H24N4O3. The number of aromatic amines is 1. The Labute approximate surface area is 163 Å². The fourth-order valence-electron chi connectivity index (χ4n) is 4.20. The maximum Gasteiger partial charge on any atom is 0.269 e. The first-order chi connectivity index (χ1) is 13.5. The number of hydrogen-bond acceptors (Lipinski definition) is 4. The summed E-state index contributed by atoms with van der Waals surface area (Å²) in [6, 6.07) is 9.28. The molecule has 1 aromatic carbocycles. The van der Waals surface area contributed by atoms with Crippen molar-refractivity contribution < 1.29 is 14.3 Å². The maximum atomic E-state index is 12.7. The Balaban J connectivity index is 1.46. The number of carbonyl (C=O) groups excluding carboxylic acids is 2. The Bertz CT molecular complexity index is 949. The number of methoxy groups -OCH3 is 1. The van der Waals surface area contributed by atoms with E-state index in [0.717, 1.165) is 36.3 Å². The van der Waals surface area contributed by atoms with E-state index in [4.69, 9.17) is 4.74 Å². The van der Waals surface area contributed by atoms with Gasteiger partial charge in [-0.15, -0.1) is 0 Å². The summed E-state index contributed by atoms with van der Waals surface area (Å²) in [6.45, 7) is 0.517. The molecule has 0 spiro atoms. The average molecular weight is 380 g/mol. The first-order valence-corrected chi connectivity index (χ1v) is 9.48. The van der Waals surface area contributed by atoms with E-state index in [1.54, 1.807) is 18.1 Å². The number of nitrogens with one attached hydrogen (secondary N) is 2. The molecule has 4 rings (SSSR count). The summed E-state index contributed by atoms with van der Waals surface area (Å²) < 4.78 is 5.24. The molecule has 0 bridgehead atoms. The standard InChI is InChI=1S/C21H24N4O3/c1-25-18-7-4-9-21(18,10-8-19(25)26)13-22-20(27)17-12-16(23-24-17)14-5-3-6-15(11-14)28-2/h3,5-7,11-12H,4,8-10,13H2,1-2H3,(H,22,27)(H,23,24). The van der Waals surface area contributed by atoms with Crippen LogP contribution in [0.4, 0.5) is 0 Å². The number of ether oxygens (including phenoxy) is 1. The minimum Gasteiger partial charge on any atom is -0.497 e. The van der Waals surface area contributed by atoms with Crippen molar-refractivity contribution in [1.82, 2.24) is 20.4 Å². The molecule has 1 atom stereocenters. The van der Waals surface area contributed by atoms with Gasteiger partial charge in [-0.3, -0.25) is 14.7 Å². The number of piperidine rings is 1.